The fourth-order valence-corrected chi connectivity index (χ4v) is 2.33. The zero-order chi connectivity index (χ0) is 14.0. The molecule has 2 aromatic rings. The summed E-state index contributed by atoms with van der Waals surface area (Å²) in [5, 5.41) is 11.2. The van der Waals surface area contributed by atoms with Gasteiger partial charge in [0, 0.05) is 22.0 Å². The van der Waals surface area contributed by atoms with Crippen LogP contribution in [0.3, 0.4) is 0 Å². The number of aryl methyl sites for hydroxylation is 1. The quantitative estimate of drug-likeness (QED) is 0.869. The molecule has 0 amide bonds. The van der Waals surface area contributed by atoms with Gasteiger partial charge in [-0.25, -0.2) is 4.39 Å². The lowest BCUT2D eigenvalue weighted by Crippen LogP contribution is -2.06. The minimum atomic E-state index is -0.948. The lowest BCUT2D eigenvalue weighted by molar-refractivity contribution is 0.173. The Morgan fingerprint density at radius 2 is 1.95 bits per heavy atom. The molecule has 0 aliphatic heterocycles. The molecule has 0 bridgehead atoms. The van der Waals surface area contributed by atoms with E-state index in [1.165, 1.54) is 0 Å². The van der Waals surface area contributed by atoms with Gasteiger partial charge < -0.3 is 5.11 Å². The van der Waals surface area contributed by atoms with Gasteiger partial charge in [-0.3, -0.25) is 0 Å². The first kappa shape index (κ1) is 14.3. The Labute approximate surface area is 121 Å². The van der Waals surface area contributed by atoms with E-state index >= 15 is 0 Å². The van der Waals surface area contributed by atoms with Crippen molar-refractivity contribution in [1.29, 1.82) is 0 Å². The van der Waals surface area contributed by atoms with Crippen molar-refractivity contribution < 1.29 is 9.50 Å². The molecule has 0 fully saturated rings. The number of halogens is 3. The average molecular weight is 299 g/mol. The highest BCUT2D eigenvalue weighted by Gasteiger charge is 2.16. The summed E-state index contributed by atoms with van der Waals surface area (Å²) in [4.78, 5) is 0. The number of aliphatic hydroxyl groups is 1. The highest BCUT2D eigenvalue weighted by atomic mass is 35.5. The first-order valence-electron chi connectivity index (χ1n) is 5.86. The first-order valence-corrected chi connectivity index (χ1v) is 6.61. The van der Waals surface area contributed by atoms with Crippen LogP contribution in [0, 0.1) is 12.7 Å². The molecule has 0 saturated heterocycles. The topological polar surface area (TPSA) is 20.2 Å². The van der Waals surface area contributed by atoms with E-state index in [0.717, 1.165) is 0 Å². The third-order valence-electron chi connectivity index (χ3n) is 3.00. The van der Waals surface area contributed by atoms with Crippen LogP contribution in [-0.4, -0.2) is 5.11 Å². The van der Waals surface area contributed by atoms with E-state index < -0.39 is 6.10 Å². The molecule has 0 aliphatic carbocycles. The zero-order valence-electron chi connectivity index (χ0n) is 10.3. The van der Waals surface area contributed by atoms with E-state index in [4.69, 9.17) is 23.2 Å². The average Bonchev–Trinajstić information content (AvgIpc) is 2.37. The molecule has 0 spiro atoms. The molecule has 1 unspecified atom stereocenters. The van der Waals surface area contributed by atoms with Crippen LogP contribution >= 0.6 is 23.2 Å². The minimum Gasteiger partial charge on any atom is -0.388 e. The second-order valence-electron chi connectivity index (χ2n) is 4.43. The van der Waals surface area contributed by atoms with Crippen molar-refractivity contribution in [3.05, 3.63) is 69.0 Å². The lowest BCUT2D eigenvalue weighted by Gasteiger charge is -2.14. The molecule has 100 valence electrons. The Hall–Kier alpha value is -1.09. The summed E-state index contributed by atoms with van der Waals surface area (Å²) in [6, 6.07) is 9.98. The molecule has 0 saturated carbocycles. The third-order valence-corrected chi connectivity index (χ3v) is 3.61. The molecule has 1 atom stereocenters. The summed E-state index contributed by atoms with van der Waals surface area (Å²) in [6.45, 7) is 1.66. The van der Waals surface area contributed by atoms with Gasteiger partial charge in [-0.15, -0.1) is 0 Å². The van der Waals surface area contributed by atoms with Crippen LogP contribution in [0.5, 0.6) is 0 Å². The van der Waals surface area contributed by atoms with E-state index in [1.807, 2.05) is 0 Å². The van der Waals surface area contributed by atoms with Crippen LogP contribution in [0.4, 0.5) is 4.39 Å². The molecule has 0 aromatic heterocycles. The fourth-order valence-electron chi connectivity index (χ4n) is 1.95. The van der Waals surface area contributed by atoms with Crippen molar-refractivity contribution >= 4 is 23.2 Å². The van der Waals surface area contributed by atoms with Crippen molar-refractivity contribution in [3.63, 3.8) is 0 Å². The maximum atomic E-state index is 13.9. The first-order chi connectivity index (χ1) is 8.99. The van der Waals surface area contributed by atoms with E-state index in [1.54, 1.807) is 43.3 Å². The predicted molar refractivity (Wildman–Crippen MR) is 76.3 cm³/mol. The van der Waals surface area contributed by atoms with Crippen LogP contribution in [0.1, 0.15) is 22.8 Å². The van der Waals surface area contributed by atoms with E-state index in [9.17, 15) is 9.50 Å². The number of hydrogen-bond acceptors (Lipinski definition) is 1. The van der Waals surface area contributed by atoms with Gasteiger partial charge >= 0.3 is 0 Å². The second kappa shape index (κ2) is 5.91. The maximum Gasteiger partial charge on any atom is 0.131 e. The molecule has 19 heavy (non-hydrogen) atoms. The molecular weight excluding hydrogens is 286 g/mol. The summed E-state index contributed by atoms with van der Waals surface area (Å²) in [6.07, 6.45) is -0.726. The second-order valence-corrected chi connectivity index (χ2v) is 5.28. The van der Waals surface area contributed by atoms with Gasteiger partial charge in [0.05, 0.1) is 6.10 Å². The van der Waals surface area contributed by atoms with Gasteiger partial charge in [0.1, 0.15) is 5.82 Å². The van der Waals surface area contributed by atoms with Crippen molar-refractivity contribution in [1.82, 2.24) is 0 Å². The van der Waals surface area contributed by atoms with Gasteiger partial charge in [0.25, 0.3) is 0 Å². The highest BCUT2D eigenvalue weighted by molar-refractivity contribution is 6.33. The number of rotatable bonds is 3. The van der Waals surface area contributed by atoms with E-state index in [2.05, 4.69) is 0 Å². The molecule has 0 heterocycles. The Morgan fingerprint density at radius 3 is 2.68 bits per heavy atom. The van der Waals surface area contributed by atoms with E-state index in [0.29, 0.717) is 21.2 Å². The summed E-state index contributed by atoms with van der Waals surface area (Å²) < 4.78 is 13.9. The summed E-state index contributed by atoms with van der Waals surface area (Å²) >= 11 is 11.9. The molecular formula is C15H13Cl2FO. The van der Waals surface area contributed by atoms with Crippen molar-refractivity contribution in [3.8, 4) is 0 Å². The number of hydrogen-bond donors (Lipinski definition) is 1. The van der Waals surface area contributed by atoms with Gasteiger partial charge in [-0.2, -0.15) is 0 Å². The highest BCUT2D eigenvalue weighted by Crippen LogP contribution is 2.28. The number of benzene rings is 2. The minimum absolute atomic E-state index is 0.222. The number of aliphatic hydroxyl groups excluding tert-OH is 1. The largest absolute Gasteiger partial charge is 0.388 e. The molecule has 0 aliphatic rings. The van der Waals surface area contributed by atoms with Crippen LogP contribution in [0.25, 0.3) is 0 Å². The Kier molecular flexibility index (Phi) is 4.46. The molecule has 2 rings (SSSR count). The molecule has 0 radical (unpaired) electrons. The third kappa shape index (κ3) is 3.27. The van der Waals surface area contributed by atoms with Crippen molar-refractivity contribution in [2.45, 2.75) is 19.4 Å². The molecule has 4 heteroatoms. The smallest absolute Gasteiger partial charge is 0.131 e. The van der Waals surface area contributed by atoms with E-state index in [-0.39, 0.29) is 17.8 Å². The van der Waals surface area contributed by atoms with Crippen LogP contribution in [0.15, 0.2) is 36.4 Å². The standard InChI is InChI=1S/C15H13Cl2FO/c1-9-3-2-4-12(15(9)18)14(19)8-10-7-11(16)5-6-13(10)17/h2-7,14,19H,8H2,1H3. The SMILES string of the molecule is Cc1cccc(C(O)Cc2cc(Cl)ccc2Cl)c1F. The fraction of sp³-hybridized carbons (Fsp3) is 0.200. The molecule has 2 aromatic carbocycles. The van der Waals surface area contributed by atoms with Crippen molar-refractivity contribution in [2.75, 3.05) is 0 Å². The normalized spacial score (nSPS) is 12.5. The van der Waals surface area contributed by atoms with Gasteiger partial charge in [0.2, 0.25) is 0 Å². The summed E-state index contributed by atoms with van der Waals surface area (Å²) in [7, 11) is 0. The maximum absolute atomic E-state index is 13.9. The zero-order valence-corrected chi connectivity index (χ0v) is 11.8. The van der Waals surface area contributed by atoms with Crippen LogP contribution < -0.4 is 0 Å². The van der Waals surface area contributed by atoms with Crippen LogP contribution in [0.2, 0.25) is 10.0 Å². The molecule has 1 nitrogen and oxygen atoms in total. The molecule has 1 N–H and O–H groups in total. The summed E-state index contributed by atoms with van der Waals surface area (Å²) in [5.74, 6) is -0.381. The van der Waals surface area contributed by atoms with Gasteiger partial charge in [-0.1, -0.05) is 41.4 Å². The monoisotopic (exact) mass is 298 g/mol. The predicted octanol–water partition coefficient (Wildman–Crippen LogP) is 4.72. The van der Waals surface area contributed by atoms with Gasteiger partial charge in [0.15, 0.2) is 0 Å². The van der Waals surface area contributed by atoms with Crippen molar-refractivity contribution in [2.24, 2.45) is 0 Å². The van der Waals surface area contributed by atoms with Gasteiger partial charge in [-0.05, 0) is 36.2 Å². The Balaban J connectivity index is 2.28. The summed E-state index contributed by atoms with van der Waals surface area (Å²) in [5.41, 5.74) is 1.48. The van der Waals surface area contributed by atoms with Crippen LogP contribution in [-0.2, 0) is 6.42 Å². The Bertz CT molecular complexity index is 599. The lowest BCUT2D eigenvalue weighted by atomic mass is 9.99. The Morgan fingerprint density at radius 1 is 1.21 bits per heavy atom.